The second-order valence-electron chi connectivity index (χ2n) is 10.1. The molecule has 8 heteroatoms. The SMILES string of the molecule is COc1ccc([C@H]2C3=CC[C@@H]4C(=O)N(Cc5ccccc5)C(=O)[C@@H]4[C@@H]3CC3=C2C(=O)C=C(Br)C3=O)c(O)c1. The summed E-state index contributed by atoms with van der Waals surface area (Å²) in [5.74, 6) is -3.05. The third-order valence-electron chi connectivity index (χ3n) is 8.15. The minimum atomic E-state index is -0.713. The zero-order chi connectivity index (χ0) is 26.7. The van der Waals surface area contributed by atoms with Crippen LogP contribution in [0, 0.1) is 17.8 Å². The van der Waals surface area contributed by atoms with Gasteiger partial charge in [-0.3, -0.25) is 24.1 Å². The molecule has 1 saturated heterocycles. The molecule has 0 aromatic heterocycles. The number of phenolic OH excluding ortho intramolecular Hbond substituents is 1. The highest BCUT2D eigenvalue weighted by molar-refractivity contribution is 9.12. The lowest BCUT2D eigenvalue weighted by Gasteiger charge is -2.42. The second-order valence-corrected chi connectivity index (χ2v) is 10.9. The first kappa shape index (κ1) is 24.6. The van der Waals surface area contributed by atoms with Crippen LogP contribution in [0.25, 0.3) is 0 Å². The summed E-state index contributed by atoms with van der Waals surface area (Å²) in [5.41, 5.74) is 2.75. The first-order valence-corrected chi connectivity index (χ1v) is 13.2. The van der Waals surface area contributed by atoms with Crippen molar-refractivity contribution in [2.24, 2.45) is 17.8 Å². The molecule has 0 bridgehead atoms. The Kier molecular flexibility index (Phi) is 5.94. The van der Waals surface area contributed by atoms with E-state index in [0.717, 1.165) is 11.1 Å². The minimum absolute atomic E-state index is 0.0710. The van der Waals surface area contributed by atoms with Crippen LogP contribution in [-0.4, -0.2) is 40.5 Å². The minimum Gasteiger partial charge on any atom is -0.507 e. The van der Waals surface area contributed by atoms with Crippen LogP contribution in [0.2, 0.25) is 0 Å². The molecule has 3 aliphatic carbocycles. The maximum Gasteiger partial charge on any atom is 0.234 e. The summed E-state index contributed by atoms with van der Waals surface area (Å²) in [7, 11) is 1.49. The first-order valence-electron chi connectivity index (χ1n) is 12.5. The lowest BCUT2D eigenvalue weighted by molar-refractivity contribution is -0.140. The summed E-state index contributed by atoms with van der Waals surface area (Å²) < 4.78 is 5.40. The number of amides is 2. The number of ketones is 2. The zero-order valence-electron chi connectivity index (χ0n) is 20.5. The van der Waals surface area contributed by atoms with E-state index in [1.54, 1.807) is 12.1 Å². The van der Waals surface area contributed by atoms with Gasteiger partial charge >= 0.3 is 0 Å². The van der Waals surface area contributed by atoms with Crippen LogP contribution >= 0.6 is 15.9 Å². The number of rotatable bonds is 4. The highest BCUT2D eigenvalue weighted by atomic mass is 79.9. The number of phenols is 1. The average molecular weight is 574 g/mol. The molecule has 4 aliphatic rings. The molecule has 2 aromatic carbocycles. The molecule has 1 heterocycles. The monoisotopic (exact) mass is 573 g/mol. The average Bonchev–Trinajstić information content (AvgIpc) is 3.16. The van der Waals surface area contributed by atoms with Gasteiger partial charge in [-0.2, -0.15) is 0 Å². The number of hydrogen-bond acceptors (Lipinski definition) is 6. The van der Waals surface area contributed by atoms with Crippen LogP contribution in [0.3, 0.4) is 0 Å². The number of halogens is 1. The van der Waals surface area contributed by atoms with E-state index in [4.69, 9.17) is 4.74 Å². The number of imide groups is 1. The molecule has 7 nitrogen and oxygen atoms in total. The highest BCUT2D eigenvalue weighted by Crippen LogP contribution is 2.56. The van der Waals surface area contributed by atoms with Gasteiger partial charge in [-0.15, -0.1) is 0 Å². The van der Waals surface area contributed by atoms with Crippen molar-refractivity contribution in [2.75, 3.05) is 7.11 Å². The number of nitrogens with zero attached hydrogens (tertiary/aromatic N) is 1. The Morgan fingerprint density at radius 1 is 1.03 bits per heavy atom. The quantitative estimate of drug-likeness (QED) is 0.331. The zero-order valence-corrected chi connectivity index (χ0v) is 22.1. The summed E-state index contributed by atoms with van der Waals surface area (Å²) >= 11 is 3.22. The van der Waals surface area contributed by atoms with Gasteiger partial charge in [-0.25, -0.2) is 0 Å². The largest absolute Gasteiger partial charge is 0.507 e. The molecule has 0 saturated carbocycles. The molecular weight excluding hydrogens is 550 g/mol. The van der Waals surface area contributed by atoms with Crippen molar-refractivity contribution in [3.63, 3.8) is 0 Å². The number of carbonyl (C=O) groups excluding carboxylic acids is 4. The van der Waals surface area contributed by atoms with Crippen molar-refractivity contribution < 1.29 is 29.0 Å². The Balaban J connectivity index is 1.46. The van der Waals surface area contributed by atoms with Crippen LogP contribution < -0.4 is 4.74 Å². The second kappa shape index (κ2) is 9.20. The van der Waals surface area contributed by atoms with E-state index in [0.29, 0.717) is 28.9 Å². The summed E-state index contributed by atoms with van der Waals surface area (Å²) in [6.45, 7) is 0.190. The lowest BCUT2D eigenvalue weighted by Crippen LogP contribution is -2.39. The van der Waals surface area contributed by atoms with Gasteiger partial charge in [0.15, 0.2) is 11.6 Å². The van der Waals surface area contributed by atoms with Crippen molar-refractivity contribution in [3.05, 3.63) is 93.0 Å². The number of benzene rings is 2. The molecule has 0 spiro atoms. The maximum atomic E-state index is 13.8. The fraction of sp³-hybridized carbons (Fsp3) is 0.267. The molecule has 38 heavy (non-hydrogen) atoms. The normalized spacial score (nSPS) is 26.5. The Morgan fingerprint density at radius 3 is 2.50 bits per heavy atom. The van der Waals surface area contributed by atoms with Crippen molar-refractivity contribution in [1.82, 2.24) is 4.90 Å². The summed E-state index contributed by atoms with van der Waals surface area (Å²) in [6, 6.07) is 14.2. The number of carbonyl (C=O) groups is 4. The Bertz CT molecular complexity index is 1500. The van der Waals surface area contributed by atoms with E-state index in [-0.39, 0.29) is 46.6 Å². The number of fused-ring (bicyclic) bond motifs is 3. The molecule has 1 aliphatic heterocycles. The number of aromatic hydroxyl groups is 1. The Hall–Kier alpha value is -3.78. The number of allylic oxidation sites excluding steroid dienone is 6. The molecule has 4 atom stereocenters. The number of hydrogen-bond donors (Lipinski definition) is 1. The Labute approximate surface area is 227 Å². The lowest BCUT2D eigenvalue weighted by atomic mass is 9.59. The van der Waals surface area contributed by atoms with Gasteiger partial charge in [0.2, 0.25) is 11.8 Å². The smallest absolute Gasteiger partial charge is 0.234 e. The Morgan fingerprint density at radius 2 is 1.79 bits per heavy atom. The molecule has 6 rings (SSSR count). The van der Waals surface area contributed by atoms with E-state index in [1.807, 2.05) is 36.4 Å². The summed E-state index contributed by atoms with van der Waals surface area (Å²) in [4.78, 5) is 55.1. The van der Waals surface area contributed by atoms with Crippen molar-refractivity contribution in [1.29, 1.82) is 0 Å². The third kappa shape index (κ3) is 3.69. The summed E-state index contributed by atoms with van der Waals surface area (Å²) in [5, 5.41) is 11.0. The number of likely N-dealkylation sites (tertiary alicyclic amines) is 1. The summed E-state index contributed by atoms with van der Waals surface area (Å²) in [6.07, 6.45) is 3.74. The number of Topliss-reactive ketones (excluding diaryl/α,β-unsaturated/α-hetero) is 1. The van der Waals surface area contributed by atoms with Crippen LogP contribution in [0.1, 0.15) is 29.9 Å². The highest BCUT2D eigenvalue weighted by Gasteiger charge is 2.56. The van der Waals surface area contributed by atoms with E-state index < -0.39 is 23.7 Å². The van der Waals surface area contributed by atoms with Crippen LogP contribution in [0.15, 0.2) is 81.9 Å². The molecular formula is C30H24BrNO6. The molecule has 0 unspecified atom stereocenters. The first-order chi connectivity index (χ1) is 18.3. The van der Waals surface area contributed by atoms with Crippen LogP contribution in [-0.2, 0) is 25.7 Å². The van der Waals surface area contributed by atoms with Crippen molar-refractivity contribution in [3.8, 4) is 11.5 Å². The van der Waals surface area contributed by atoms with Crippen molar-refractivity contribution in [2.45, 2.75) is 25.3 Å². The van der Waals surface area contributed by atoms with Crippen LogP contribution in [0.5, 0.6) is 11.5 Å². The molecule has 0 radical (unpaired) electrons. The van der Waals surface area contributed by atoms with Gasteiger partial charge in [0.05, 0.1) is 30.0 Å². The molecule has 192 valence electrons. The van der Waals surface area contributed by atoms with E-state index >= 15 is 0 Å². The molecule has 1 N–H and O–H groups in total. The molecule has 2 amide bonds. The van der Waals surface area contributed by atoms with Crippen LogP contribution in [0.4, 0.5) is 0 Å². The molecule has 1 fully saturated rings. The van der Waals surface area contributed by atoms with Gasteiger partial charge in [-0.05, 0) is 46.3 Å². The van der Waals surface area contributed by atoms with E-state index in [9.17, 15) is 24.3 Å². The third-order valence-corrected chi connectivity index (χ3v) is 8.74. The molecule has 2 aromatic rings. The fourth-order valence-corrected chi connectivity index (χ4v) is 6.89. The topological polar surface area (TPSA) is 101 Å². The van der Waals surface area contributed by atoms with Gasteiger partial charge in [0, 0.05) is 34.8 Å². The van der Waals surface area contributed by atoms with Gasteiger partial charge in [0.1, 0.15) is 11.5 Å². The van der Waals surface area contributed by atoms with Gasteiger partial charge < -0.3 is 9.84 Å². The van der Waals surface area contributed by atoms with Gasteiger partial charge in [0.25, 0.3) is 0 Å². The van der Waals surface area contributed by atoms with Gasteiger partial charge in [-0.1, -0.05) is 48.0 Å². The predicted octanol–water partition coefficient (Wildman–Crippen LogP) is 4.36. The number of methoxy groups -OCH3 is 1. The fourth-order valence-electron chi connectivity index (χ4n) is 6.44. The van der Waals surface area contributed by atoms with Crippen molar-refractivity contribution >= 4 is 39.3 Å². The van der Waals surface area contributed by atoms with E-state index in [2.05, 4.69) is 15.9 Å². The standard InChI is InChI=1S/C30H24BrNO6/c1-38-16-7-8-18(23(33)11-16)25-17-9-10-19-26(20(17)12-21-27(25)24(34)13-22(31)28(21)35)30(37)32(29(19)36)14-15-5-3-2-4-6-15/h2-9,11,13,19-20,25-26,33H,10,12,14H2,1H3/t19-,20+,25+,26-/m0/s1. The predicted molar refractivity (Wildman–Crippen MR) is 141 cm³/mol. The maximum absolute atomic E-state index is 13.8. The number of ether oxygens (including phenoxy) is 1. The van der Waals surface area contributed by atoms with E-state index in [1.165, 1.54) is 24.2 Å².